The van der Waals surface area contributed by atoms with Gasteiger partial charge in [0.25, 0.3) is 11.8 Å². The molecule has 0 saturated carbocycles. The summed E-state index contributed by atoms with van der Waals surface area (Å²) in [6.45, 7) is 4.15. The zero-order valence-electron chi connectivity index (χ0n) is 20.5. The van der Waals surface area contributed by atoms with Gasteiger partial charge in [0, 0.05) is 22.4 Å². The van der Waals surface area contributed by atoms with Gasteiger partial charge in [0.05, 0.1) is 9.75 Å². The third kappa shape index (κ3) is 4.08. The summed E-state index contributed by atoms with van der Waals surface area (Å²) in [6.07, 6.45) is 0. The second-order valence-electron chi connectivity index (χ2n) is 9.07. The molecule has 0 spiro atoms. The van der Waals surface area contributed by atoms with Gasteiger partial charge in [-0.2, -0.15) is 0 Å². The zero-order chi connectivity index (χ0) is 26.4. The van der Waals surface area contributed by atoms with E-state index in [0.717, 1.165) is 5.56 Å². The number of carbonyl (C=O) groups is 2. The maximum absolute atomic E-state index is 13.9. The highest BCUT2D eigenvalue weighted by atomic mass is 32.1. The molecule has 2 amide bonds. The van der Waals surface area contributed by atoms with E-state index in [1.807, 2.05) is 24.3 Å². The number of fused-ring (bicyclic) bond motifs is 2. The molecule has 2 aromatic carbocycles. The Bertz CT molecular complexity index is 1810. The van der Waals surface area contributed by atoms with Gasteiger partial charge >= 0.3 is 5.63 Å². The molecule has 0 fully saturated rings. The second kappa shape index (κ2) is 9.55. The monoisotopic (exact) mass is 539 g/mol. The lowest BCUT2D eigenvalue weighted by atomic mass is 9.98. The quantitative estimate of drug-likeness (QED) is 0.164. The zero-order valence-corrected chi connectivity index (χ0v) is 22.1. The first-order chi connectivity index (χ1) is 18.4. The van der Waals surface area contributed by atoms with E-state index >= 15 is 0 Å². The Labute approximate surface area is 225 Å². The number of thiophene rings is 2. The van der Waals surface area contributed by atoms with Crippen molar-refractivity contribution in [1.29, 1.82) is 0 Å². The molecule has 0 aliphatic heterocycles. The van der Waals surface area contributed by atoms with Gasteiger partial charge in [-0.1, -0.05) is 44.2 Å². The van der Waals surface area contributed by atoms with Gasteiger partial charge in [-0.25, -0.2) is 9.69 Å². The molecule has 6 nitrogen and oxygen atoms in total. The number of amides is 2. The first kappa shape index (κ1) is 24.1. The van der Waals surface area contributed by atoms with E-state index < -0.39 is 17.4 Å². The average molecular weight is 540 g/mol. The normalized spacial score (nSPS) is 11.4. The molecule has 0 radical (unpaired) electrons. The maximum Gasteiger partial charge on any atom is 0.336 e. The van der Waals surface area contributed by atoms with Crippen LogP contribution in [0.15, 0.2) is 97.2 Å². The Morgan fingerprint density at radius 3 is 2.05 bits per heavy atom. The minimum absolute atomic E-state index is 0.228. The molecule has 4 heterocycles. The number of imide groups is 1. The lowest BCUT2D eigenvalue weighted by Crippen LogP contribution is -2.36. The van der Waals surface area contributed by atoms with Crippen molar-refractivity contribution >= 4 is 62.1 Å². The van der Waals surface area contributed by atoms with Gasteiger partial charge in [0.1, 0.15) is 16.9 Å². The van der Waals surface area contributed by atoms with Crippen LogP contribution < -0.4 is 10.5 Å². The highest BCUT2D eigenvalue weighted by Gasteiger charge is 2.34. The van der Waals surface area contributed by atoms with Crippen molar-refractivity contribution in [2.75, 3.05) is 4.90 Å². The van der Waals surface area contributed by atoms with Crippen LogP contribution in [0.3, 0.4) is 0 Å². The highest BCUT2D eigenvalue weighted by molar-refractivity contribution is 7.13. The molecule has 0 bridgehead atoms. The van der Waals surface area contributed by atoms with Crippen molar-refractivity contribution < 1.29 is 18.4 Å². The van der Waals surface area contributed by atoms with Crippen LogP contribution in [0.2, 0.25) is 0 Å². The van der Waals surface area contributed by atoms with Crippen LogP contribution in [0.25, 0.3) is 33.3 Å². The third-order valence-corrected chi connectivity index (χ3v) is 8.06. The van der Waals surface area contributed by atoms with Gasteiger partial charge in [0.2, 0.25) is 0 Å². The molecule has 8 heteroatoms. The van der Waals surface area contributed by atoms with E-state index in [2.05, 4.69) is 13.8 Å². The summed E-state index contributed by atoms with van der Waals surface area (Å²) in [5.41, 5.74) is 2.11. The van der Waals surface area contributed by atoms with E-state index in [1.54, 1.807) is 53.2 Å². The van der Waals surface area contributed by atoms with E-state index in [1.165, 1.54) is 33.6 Å². The average Bonchev–Trinajstić information content (AvgIpc) is 3.70. The molecule has 188 valence electrons. The smallest absolute Gasteiger partial charge is 0.336 e. The fraction of sp³-hybridized carbons (Fsp3) is 0.100. The molecular formula is C30H21NO5S2. The minimum atomic E-state index is -0.558. The number of anilines is 1. The van der Waals surface area contributed by atoms with Gasteiger partial charge < -0.3 is 8.83 Å². The van der Waals surface area contributed by atoms with Crippen molar-refractivity contribution in [1.82, 2.24) is 0 Å². The number of para-hydroxylation sites is 1. The van der Waals surface area contributed by atoms with Gasteiger partial charge in [-0.3, -0.25) is 9.59 Å². The van der Waals surface area contributed by atoms with Gasteiger partial charge in [-0.05, 0) is 58.6 Å². The SMILES string of the molecule is CC(C)c1ccc2oc(=O)cc(-c3oc4ccccc4c3N(C(=O)c3cccs3)C(=O)c3cccs3)c2c1. The van der Waals surface area contributed by atoms with Crippen LogP contribution in [-0.2, 0) is 0 Å². The summed E-state index contributed by atoms with van der Waals surface area (Å²) < 4.78 is 11.8. The van der Waals surface area contributed by atoms with E-state index in [-0.39, 0.29) is 11.7 Å². The predicted octanol–water partition coefficient (Wildman–Crippen LogP) is 7.94. The topological polar surface area (TPSA) is 80.7 Å². The Morgan fingerprint density at radius 1 is 0.763 bits per heavy atom. The molecule has 4 aromatic heterocycles. The number of furan rings is 1. The maximum atomic E-state index is 13.9. The molecular weight excluding hydrogens is 518 g/mol. The fourth-order valence-corrected chi connectivity index (χ4v) is 5.79. The second-order valence-corrected chi connectivity index (χ2v) is 11.0. The number of rotatable bonds is 5. The Morgan fingerprint density at radius 2 is 1.42 bits per heavy atom. The molecule has 0 saturated heterocycles. The molecule has 6 aromatic rings. The van der Waals surface area contributed by atoms with Crippen LogP contribution in [0.5, 0.6) is 0 Å². The molecule has 0 N–H and O–H groups in total. The molecule has 0 atom stereocenters. The Kier molecular flexibility index (Phi) is 6.06. The van der Waals surface area contributed by atoms with E-state index in [0.29, 0.717) is 42.9 Å². The van der Waals surface area contributed by atoms with Gasteiger partial charge in [0.15, 0.2) is 5.76 Å². The van der Waals surface area contributed by atoms with Gasteiger partial charge in [-0.15, -0.1) is 22.7 Å². The predicted molar refractivity (Wildman–Crippen MR) is 152 cm³/mol. The van der Waals surface area contributed by atoms with Crippen molar-refractivity contribution in [3.63, 3.8) is 0 Å². The van der Waals surface area contributed by atoms with Crippen LogP contribution in [-0.4, -0.2) is 11.8 Å². The van der Waals surface area contributed by atoms with Crippen LogP contribution >= 0.6 is 22.7 Å². The number of nitrogens with zero attached hydrogens (tertiary/aromatic N) is 1. The molecule has 0 aliphatic carbocycles. The van der Waals surface area contributed by atoms with Crippen molar-refractivity contribution in [3.05, 3.63) is 109 Å². The van der Waals surface area contributed by atoms with Crippen LogP contribution in [0, 0.1) is 0 Å². The van der Waals surface area contributed by atoms with E-state index in [4.69, 9.17) is 8.83 Å². The summed E-state index contributed by atoms with van der Waals surface area (Å²) in [5.74, 6) is -0.464. The third-order valence-electron chi connectivity index (χ3n) is 6.34. The van der Waals surface area contributed by atoms with Crippen LogP contribution in [0.1, 0.15) is 44.7 Å². The Balaban J connectivity index is 1.69. The molecule has 6 rings (SSSR count). The van der Waals surface area contributed by atoms with E-state index in [9.17, 15) is 14.4 Å². The molecule has 0 aliphatic rings. The first-order valence-corrected chi connectivity index (χ1v) is 13.7. The molecule has 38 heavy (non-hydrogen) atoms. The largest absolute Gasteiger partial charge is 0.454 e. The van der Waals surface area contributed by atoms with Crippen molar-refractivity contribution in [3.8, 4) is 11.3 Å². The Hall–Kier alpha value is -4.27. The lowest BCUT2D eigenvalue weighted by Gasteiger charge is -2.20. The number of benzene rings is 2. The summed E-state index contributed by atoms with van der Waals surface area (Å²) in [5, 5.41) is 4.82. The van der Waals surface area contributed by atoms with Crippen molar-refractivity contribution in [2.45, 2.75) is 19.8 Å². The minimum Gasteiger partial charge on any atom is -0.454 e. The molecule has 0 unspecified atom stereocenters. The van der Waals surface area contributed by atoms with Crippen molar-refractivity contribution in [2.24, 2.45) is 0 Å². The first-order valence-electron chi connectivity index (χ1n) is 12.0. The highest BCUT2D eigenvalue weighted by Crippen LogP contribution is 2.44. The number of hydrogen-bond donors (Lipinski definition) is 0. The number of carbonyl (C=O) groups excluding carboxylic acids is 2. The number of hydrogen-bond acceptors (Lipinski definition) is 7. The lowest BCUT2D eigenvalue weighted by molar-refractivity contribution is 0.0902. The summed E-state index contributed by atoms with van der Waals surface area (Å²) in [4.78, 5) is 42.6. The summed E-state index contributed by atoms with van der Waals surface area (Å²) >= 11 is 2.51. The fourth-order valence-electron chi connectivity index (χ4n) is 4.48. The van der Waals surface area contributed by atoms with Crippen LogP contribution in [0.4, 0.5) is 5.69 Å². The standard InChI is InChI=1S/C30H21NO5S2/c1-17(2)18-11-12-23-20(15-18)21(16-26(32)35-23)28-27(19-7-3-4-8-22(19)36-28)31(29(33)24-9-5-13-37-24)30(34)25-10-6-14-38-25/h3-17H,1-2H3. The summed E-state index contributed by atoms with van der Waals surface area (Å²) in [7, 11) is 0. The summed E-state index contributed by atoms with van der Waals surface area (Å²) in [6, 6.07) is 21.1.